The number of imidazole rings is 1. The molecule has 0 bridgehead atoms. The lowest BCUT2D eigenvalue weighted by Gasteiger charge is -2.30. The lowest BCUT2D eigenvalue weighted by molar-refractivity contribution is -0.137. The highest BCUT2D eigenvalue weighted by Gasteiger charge is 2.50. The van der Waals surface area contributed by atoms with Gasteiger partial charge in [-0.1, -0.05) is 31.7 Å². The number of nitrogens with one attached hydrogen (secondary N) is 2. The number of aliphatic hydroxyl groups is 2. The number of aromatic nitrogens is 4. The van der Waals surface area contributed by atoms with Gasteiger partial charge >= 0.3 is 23.5 Å². The topological polar surface area (TPSA) is 364 Å². The summed E-state index contributed by atoms with van der Waals surface area (Å²) in [5.74, 6) is -1.13. The number of nitrogens with zero attached hydrogens (tertiary/aromatic N) is 4. The Bertz CT molecular complexity index is 1780. The van der Waals surface area contributed by atoms with Crippen molar-refractivity contribution in [1.29, 1.82) is 0 Å². The van der Waals surface area contributed by atoms with Crippen LogP contribution in [0.25, 0.3) is 11.2 Å². The molecule has 2 aromatic rings. The summed E-state index contributed by atoms with van der Waals surface area (Å²) in [6.07, 6.45) is -5.26. The summed E-state index contributed by atoms with van der Waals surface area (Å²) in [6, 6.07) is 0. The molecule has 1 fully saturated rings. The van der Waals surface area contributed by atoms with E-state index in [0.717, 1.165) is 29.0 Å². The number of carbonyl (C=O) groups excluding carboxylic acids is 3. The molecule has 0 aromatic carbocycles. The number of hydrogen-bond donors (Lipinski definition) is 9. The first-order valence-electron chi connectivity index (χ1n) is 15.2. The summed E-state index contributed by atoms with van der Waals surface area (Å²) < 4.78 is 61.9. The summed E-state index contributed by atoms with van der Waals surface area (Å²) in [7, 11) is -16.4. The largest absolute Gasteiger partial charge is 0.481 e. The fourth-order valence-electron chi connectivity index (χ4n) is 4.47. The molecule has 0 radical (unpaired) electrons. The van der Waals surface area contributed by atoms with E-state index in [1.54, 1.807) is 0 Å². The number of carbonyl (C=O) groups is 3. The van der Waals surface area contributed by atoms with Crippen LogP contribution in [0.2, 0.25) is 0 Å². The minimum Gasteiger partial charge on any atom is -0.386 e. The van der Waals surface area contributed by atoms with Gasteiger partial charge in [-0.25, -0.2) is 28.6 Å². The molecule has 3 rings (SSSR count). The molecule has 10 N–H and O–H groups in total. The SMILES string of the molecule is C=CCC(=O)SCCNC(=O)CCNC(=O)[C@H](O)C(C)(C)COP(=O)(O)OP(=O)(O)OC[C@H]1O[C@@H](n2cnc3c(N)ncnc32)[C@H](O)[C@@H]1OP(=O)(O)O. The molecular formula is C25H40N7O17P3S. The molecule has 28 heteroatoms. The second-order valence-electron chi connectivity index (χ2n) is 11.8. The van der Waals surface area contributed by atoms with Crippen molar-refractivity contribution < 1.29 is 80.5 Å². The first-order valence-corrected chi connectivity index (χ1v) is 20.7. The number of allylic oxidation sites excluding steroid dienone is 1. The Morgan fingerprint density at radius 3 is 2.45 bits per heavy atom. The second-order valence-corrected chi connectivity index (χ2v) is 17.2. The maximum absolute atomic E-state index is 12.6. The van der Waals surface area contributed by atoms with E-state index in [0.29, 0.717) is 5.75 Å². The summed E-state index contributed by atoms with van der Waals surface area (Å²) >= 11 is 1.02. The molecule has 298 valence electrons. The van der Waals surface area contributed by atoms with E-state index in [2.05, 4.69) is 41.0 Å². The predicted octanol–water partition coefficient (Wildman–Crippen LogP) is -0.759. The average Bonchev–Trinajstić information content (AvgIpc) is 3.61. The molecule has 2 amide bonds. The van der Waals surface area contributed by atoms with Gasteiger partial charge in [-0.3, -0.25) is 32.5 Å². The van der Waals surface area contributed by atoms with Crippen molar-refractivity contribution in [2.75, 3.05) is 37.8 Å². The van der Waals surface area contributed by atoms with Crippen molar-refractivity contribution in [2.45, 2.75) is 57.3 Å². The highest BCUT2D eigenvalue weighted by Crippen LogP contribution is 2.61. The normalized spacial score (nSPS) is 22.1. The summed E-state index contributed by atoms with van der Waals surface area (Å²) in [5, 5.41) is 26.1. The molecule has 53 heavy (non-hydrogen) atoms. The van der Waals surface area contributed by atoms with Crippen LogP contribution in [0.15, 0.2) is 25.3 Å². The van der Waals surface area contributed by atoms with Gasteiger partial charge in [-0.05, 0) is 0 Å². The van der Waals surface area contributed by atoms with Crippen LogP contribution in [0.5, 0.6) is 0 Å². The van der Waals surface area contributed by atoms with Crippen LogP contribution in [0.3, 0.4) is 0 Å². The second kappa shape index (κ2) is 18.8. The maximum atomic E-state index is 12.6. The number of fused-ring (bicyclic) bond motifs is 1. The Balaban J connectivity index is 1.52. The van der Waals surface area contributed by atoms with E-state index in [1.165, 1.54) is 19.9 Å². The minimum absolute atomic E-state index is 0.0295. The zero-order chi connectivity index (χ0) is 39.8. The summed E-state index contributed by atoms with van der Waals surface area (Å²) in [4.78, 5) is 86.7. The van der Waals surface area contributed by atoms with Gasteiger partial charge in [0.15, 0.2) is 22.8 Å². The Morgan fingerprint density at radius 1 is 1.11 bits per heavy atom. The number of aliphatic hydroxyl groups excluding tert-OH is 2. The van der Waals surface area contributed by atoms with Crippen molar-refractivity contribution in [3.63, 3.8) is 0 Å². The lowest BCUT2D eigenvalue weighted by Crippen LogP contribution is -2.46. The van der Waals surface area contributed by atoms with Gasteiger partial charge in [-0.15, -0.1) is 6.58 Å². The number of rotatable bonds is 21. The number of ether oxygens (including phenoxy) is 1. The molecule has 7 atom stereocenters. The smallest absolute Gasteiger partial charge is 0.386 e. The summed E-state index contributed by atoms with van der Waals surface area (Å²) in [5.41, 5.74) is 4.25. The van der Waals surface area contributed by atoms with Crippen molar-refractivity contribution in [3.8, 4) is 0 Å². The monoisotopic (exact) mass is 835 g/mol. The fraction of sp³-hybridized carbons (Fsp3) is 0.600. The van der Waals surface area contributed by atoms with Gasteiger partial charge in [0.25, 0.3) is 0 Å². The van der Waals surface area contributed by atoms with Crippen molar-refractivity contribution in [2.24, 2.45) is 5.41 Å². The van der Waals surface area contributed by atoms with Gasteiger partial charge in [0.05, 0.1) is 19.5 Å². The Hall–Kier alpha value is -2.70. The predicted molar refractivity (Wildman–Crippen MR) is 182 cm³/mol. The Labute approximate surface area is 305 Å². The minimum atomic E-state index is -5.56. The number of amides is 2. The molecule has 1 aliphatic heterocycles. The third kappa shape index (κ3) is 13.5. The Kier molecular flexibility index (Phi) is 15.8. The number of nitrogen functional groups attached to an aromatic ring is 1. The van der Waals surface area contributed by atoms with E-state index < -0.39 is 84.6 Å². The standard InChI is InChI=1S/C25H40N7O17P3S/c1-4-5-16(34)53-9-8-27-15(33)6-7-28-23(37)20(36)25(2,3)11-46-52(43,44)49-51(41,42)45-10-14-19(48-50(38,39)40)18(35)24(47-14)32-13-31-17-21(26)29-12-30-22(17)32/h4,12-14,18-20,24,35-36H,1,5-11H2,2-3H3,(H,27,33)(H,28,37)(H,41,42)(H,43,44)(H2,26,29,30)(H2,38,39,40)/t14-,18-,19-,20+,24-/m1/s1. The number of phosphoric ester groups is 3. The van der Waals surface area contributed by atoms with Crippen molar-refractivity contribution in [3.05, 3.63) is 25.3 Å². The number of hydrogen-bond acceptors (Lipinski definition) is 18. The quantitative estimate of drug-likeness (QED) is 0.0424. The van der Waals surface area contributed by atoms with Crippen molar-refractivity contribution in [1.82, 2.24) is 30.2 Å². The average molecular weight is 836 g/mol. The number of phosphoric acid groups is 3. The molecule has 2 unspecified atom stereocenters. The van der Waals surface area contributed by atoms with Crippen LogP contribution in [-0.2, 0) is 50.7 Å². The molecule has 3 heterocycles. The van der Waals surface area contributed by atoms with E-state index in [4.69, 9.17) is 19.5 Å². The van der Waals surface area contributed by atoms with Gasteiger partial charge < -0.3 is 50.9 Å². The van der Waals surface area contributed by atoms with Gasteiger partial charge in [0, 0.05) is 37.1 Å². The van der Waals surface area contributed by atoms with E-state index in [-0.39, 0.29) is 48.0 Å². The van der Waals surface area contributed by atoms with E-state index in [9.17, 15) is 57.9 Å². The van der Waals surface area contributed by atoms with E-state index in [1.807, 2.05) is 0 Å². The number of thioether (sulfide) groups is 1. The van der Waals surface area contributed by atoms with E-state index >= 15 is 0 Å². The first-order chi connectivity index (χ1) is 24.6. The van der Waals surface area contributed by atoms with Gasteiger partial charge in [0.1, 0.15) is 36.3 Å². The van der Waals surface area contributed by atoms with Crippen LogP contribution in [-0.4, -0.2) is 123 Å². The molecule has 1 aliphatic rings. The number of anilines is 1. The zero-order valence-corrected chi connectivity index (χ0v) is 31.6. The van der Waals surface area contributed by atoms with Crippen LogP contribution in [0.1, 0.15) is 32.9 Å². The molecule has 2 aromatic heterocycles. The van der Waals surface area contributed by atoms with Crippen LogP contribution < -0.4 is 16.4 Å². The summed E-state index contributed by atoms with van der Waals surface area (Å²) in [6.45, 7) is 3.93. The van der Waals surface area contributed by atoms with Crippen molar-refractivity contribution >= 4 is 69.1 Å². The third-order valence-electron chi connectivity index (χ3n) is 7.08. The van der Waals surface area contributed by atoms with Gasteiger partial charge in [0.2, 0.25) is 11.8 Å². The first kappa shape index (κ1) is 44.7. The number of nitrogens with two attached hydrogens (primary N) is 1. The van der Waals surface area contributed by atoms with Crippen LogP contribution in [0.4, 0.5) is 5.82 Å². The third-order valence-corrected chi connectivity index (χ3v) is 11.1. The molecule has 0 spiro atoms. The zero-order valence-electron chi connectivity index (χ0n) is 28.1. The molecule has 0 saturated carbocycles. The van der Waals surface area contributed by atoms with Gasteiger partial charge in [-0.2, -0.15) is 4.31 Å². The van der Waals surface area contributed by atoms with Crippen LogP contribution >= 0.6 is 35.2 Å². The van der Waals surface area contributed by atoms with Crippen LogP contribution in [0, 0.1) is 5.41 Å². The molecular weight excluding hydrogens is 795 g/mol. The molecule has 0 aliphatic carbocycles. The highest BCUT2D eigenvalue weighted by atomic mass is 32.2. The molecule has 1 saturated heterocycles. The highest BCUT2D eigenvalue weighted by molar-refractivity contribution is 8.13. The lowest BCUT2D eigenvalue weighted by atomic mass is 9.87. The fourth-order valence-corrected chi connectivity index (χ4v) is 7.97. The Morgan fingerprint density at radius 2 is 1.79 bits per heavy atom. The maximum Gasteiger partial charge on any atom is 0.481 e. The molecule has 24 nitrogen and oxygen atoms in total.